The van der Waals surface area contributed by atoms with Crippen molar-refractivity contribution < 1.29 is 14.3 Å². The van der Waals surface area contributed by atoms with Crippen LogP contribution < -0.4 is 10.1 Å². The molecule has 0 aliphatic carbocycles. The normalized spacial score (nSPS) is 11.8. The molecule has 0 unspecified atom stereocenters. The topological polar surface area (TPSA) is 58.6 Å². The number of para-hydroxylation sites is 1. The lowest BCUT2D eigenvalue weighted by Gasteiger charge is -2.29. The van der Waals surface area contributed by atoms with E-state index in [1.54, 1.807) is 19.1 Å². The van der Waals surface area contributed by atoms with Crippen LogP contribution in [0.25, 0.3) is 0 Å². The Morgan fingerprint density at radius 3 is 2.50 bits per heavy atom. The molecule has 0 aliphatic heterocycles. The molecule has 2 aromatic rings. The van der Waals surface area contributed by atoms with Gasteiger partial charge in [0.1, 0.15) is 11.8 Å². The van der Waals surface area contributed by atoms with Gasteiger partial charge in [0.15, 0.2) is 6.61 Å². The summed E-state index contributed by atoms with van der Waals surface area (Å²) in [5, 5.41) is 3.45. The minimum Gasteiger partial charge on any atom is -0.483 e. The van der Waals surface area contributed by atoms with Crippen LogP contribution in [-0.2, 0) is 16.1 Å². The molecule has 0 radical (unpaired) electrons. The van der Waals surface area contributed by atoms with Crippen molar-refractivity contribution >= 4 is 23.4 Å². The van der Waals surface area contributed by atoms with Gasteiger partial charge < -0.3 is 15.0 Å². The predicted molar refractivity (Wildman–Crippen MR) is 121 cm³/mol. The maximum Gasteiger partial charge on any atom is 0.261 e. The summed E-state index contributed by atoms with van der Waals surface area (Å²) in [6.45, 7) is 8.58. The monoisotopic (exact) mass is 430 g/mol. The molecule has 0 heterocycles. The zero-order valence-corrected chi connectivity index (χ0v) is 18.9. The number of carbonyl (C=O) groups is 2. The van der Waals surface area contributed by atoms with E-state index in [1.807, 2.05) is 43.3 Å². The lowest BCUT2D eigenvalue weighted by molar-refractivity contribution is -0.142. The second-order valence-corrected chi connectivity index (χ2v) is 8.04. The highest BCUT2D eigenvalue weighted by Gasteiger charge is 2.26. The fourth-order valence-corrected chi connectivity index (χ4v) is 3.33. The van der Waals surface area contributed by atoms with Crippen molar-refractivity contribution in [1.29, 1.82) is 0 Å². The number of rotatable bonds is 10. The molecular weight excluding hydrogens is 400 g/mol. The Morgan fingerprint density at radius 2 is 1.83 bits per heavy atom. The number of ether oxygens (including phenoxy) is 1. The summed E-state index contributed by atoms with van der Waals surface area (Å²) in [6, 6.07) is 14.4. The highest BCUT2D eigenvalue weighted by Crippen LogP contribution is 2.26. The van der Waals surface area contributed by atoms with Gasteiger partial charge in [-0.25, -0.2) is 0 Å². The second-order valence-electron chi connectivity index (χ2n) is 7.60. The largest absolute Gasteiger partial charge is 0.483 e. The van der Waals surface area contributed by atoms with Crippen molar-refractivity contribution in [3.05, 3.63) is 64.7 Å². The van der Waals surface area contributed by atoms with Crippen molar-refractivity contribution in [2.45, 2.75) is 52.6 Å². The van der Waals surface area contributed by atoms with Crippen molar-refractivity contribution in [2.75, 3.05) is 13.2 Å². The molecule has 1 atom stereocenters. The quantitative estimate of drug-likeness (QED) is 0.589. The summed E-state index contributed by atoms with van der Waals surface area (Å²) in [5.41, 5.74) is 1.90. The molecule has 0 bridgehead atoms. The van der Waals surface area contributed by atoms with Gasteiger partial charge in [-0.05, 0) is 48.6 Å². The molecule has 5 nitrogen and oxygen atoms in total. The van der Waals surface area contributed by atoms with E-state index in [0.29, 0.717) is 17.3 Å². The zero-order valence-electron chi connectivity index (χ0n) is 18.2. The average molecular weight is 431 g/mol. The molecule has 30 heavy (non-hydrogen) atoms. The summed E-state index contributed by atoms with van der Waals surface area (Å²) in [7, 11) is 0. The minimum absolute atomic E-state index is 0.143. The third-order valence-corrected chi connectivity index (χ3v) is 5.09. The van der Waals surface area contributed by atoms with Gasteiger partial charge in [-0.1, -0.05) is 62.7 Å². The standard InChI is InChI=1S/C24H31ClN2O3/c1-5-13-26-24(29)18(4)27(15-19-9-8-10-20(25)14-19)23(28)16-30-22-12-7-6-11-21(22)17(2)3/h6-12,14,17-18H,5,13,15-16H2,1-4H3,(H,26,29)/t18-/m1/s1. The molecule has 0 spiro atoms. The highest BCUT2D eigenvalue weighted by molar-refractivity contribution is 6.30. The molecule has 0 saturated carbocycles. The number of halogens is 1. The van der Waals surface area contributed by atoms with Crippen molar-refractivity contribution in [3.8, 4) is 5.75 Å². The van der Waals surface area contributed by atoms with E-state index in [4.69, 9.17) is 16.3 Å². The minimum atomic E-state index is -0.632. The average Bonchev–Trinajstić information content (AvgIpc) is 2.73. The van der Waals surface area contributed by atoms with Crippen LogP contribution in [0.2, 0.25) is 5.02 Å². The van der Waals surface area contributed by atoms with Crippen molar-refractivity contribution in [3.63, 3.8) is 0 Å². The van der Waals surface area contributed by atoms with Gasteiger partial charge in [-0.15, -0.1) is 0 Å². The molecule has 0 fully saturated rings. The van der Waals surface area contributed by atoms with Crippen LogP contribution in [-0.4, -0.2) is 35.9 Å². The summed E-state index contributed by atoms with van der Waals surface area (Å²) < 4.78 is 5.86. The molecule has 2 aromatic carbocycles. The number of nitrogens with one attached hydrogen (secondary N) is 1. The van der Waals surface area contributed by atoms with E-state index in [2.05, 4.69) is 19.2 Å². The Balaban J connectivity index is 2.18. The summed E-state index contributed by atoms with van der Waals surface area (Å²) >= 11 is 6.10. The number of amides is 2. The van der Waals surface area contributed by atoms with Gasteiger partial charge >= 0.3 is 0 Å². The second kappa shape index (κ2) is 11.6. The predicted octanol–water partition coefficient (Wildman–Crippen LogP) is 4.79. The Bertz CT molecular complexity index is 854. The van der Waals surface area contributed by atoms with E-state index >= 15 is 0 Å². The van der Waals surface area contributed by atoms with Crippen LogP contribution in [0.4, 0.5) is 0 Å². The van der Waals surface area contributed by atoms with Crippen LogP contribution in [0.3, 0.4) is 0 Å². The van der Waals surface area contributed by atoms with Gasteiger partial charge in [0.2, 0.25) is 5.91 Å². The molecule has 6 heteroatoms. The van der Waals surface area contributed by atoms with E-state index in [1.165, 1.54) is 4.90 Å². The van der Waals surface area contributed by atoms with Crippen LogP contribution in [0, 0.1) is 0 Å². The Labute approximate surface area is 184 Å². The van der Waals surface area contributed by atoms with Gasteiger partial charge in [-0.3, -0.25) is 9.59 Å². The fraction of sp³-hybridized carbons (Fsp3) is 0.417. The number of hydrogen-bond donors (Lipinski definition) is 1. The third kappa shape index (κ3) is 6.77. The lowest BCUT2D eigenvalue weighted by atomic mass is 10.0. The number of benzene rings is 2. The first-order valence-electron chi connectivity index (χ1n) is 10.4. The molecule has 1 N–H and O–H groups in total. The molecule has 0 aliphatic rings. The van der Waals surface area contributed by atoms with Crippen molar-refractivity contribution in [2.24, 2.45) is 0 Å². The number of carbonyl (C=O) groups excluding carboxylic acids is 2. The molecule has 2 amide bonds. The highest BCUT2D eigenvalue weighted by atomic mass is 35.5. The smallest absolute Gasteiger partial charge is 0.261 e. The van der Waals surface area contributed by atoms with Crippen LogP contribution >= 0.6 is 11.6 Å². The van der Waals surface area contributed by atoms with Crippen molar-refractivity contribution in [1.82, 2.24) is 10.2 Å². The third-order valence-electron chi connectivity index (χ3n) is 4.85. The first kappa shape index (κ1) is 23.7. The van der Waals surface area contributed by atoms with Gasteiger partial charge in [0.05, 0.1) is 0 Å². The molecule has 0 saturated heterocycles. The summed E-state index contributed by atoms with van der Waals surface area (Å²) in [6.07, 6.45) is 0.829. The lowest BCUT2D eigenvalue weighted by Crippen LogP contribution is -2.49. The Morgan fingerprint density at radius 1 is 1.10 bits per heavy atom. The van der Waals surface area contributed by atoms with Crippen LogP contribution in [0.1, 0.15) is 51.2 Å². The van der Waals surface area contributed by atoms with E-state index in [-0.39, 0.29) is 30.9 Å². The van der Waals surface area contributed by atoms with Crippen LogP contribution in [0.5, 0.6) is 5.75 Å². The zero-order chi connectivity index (χ0) is 22.1. The van der Waals surface area contributed by atoms with E-state index < -0.39 is 6.04 Å². The Hall–Kier alpha value is -2.53. The van der Waals surface area contributed by atoms with Crippen LogP contribution in [0.15, 0.2) is 48.5 Å². The summed E-state index contributed by atoms with van der Waals surface area (Å²) in [5.74, 6) is 0.520. The van der Waals surface area contributed by atoms with E-state index in [9.17, 15) is 9.59 Å². The van der Waals surface area contributed by atoms with E-state index in [0.717, 1.165) is 17.5 Å². The number of nitrogens with zero attached hydrogens (tertiary/aromatic N) is 1. The molecule has 0 aromatic heterocycles. The molecular formula is C24H31ClN2O3. The fourth-order valence-electron chi connectivity index (χ4n) is 3.12. The first-order valence-corrected chi connectivity index (χ1v) is 10.7. The van der Waals surface area contributed by atoms with Gasteiger partial charge in [-0.2, -0.15) is 0 Å². The molecule has 2 rings (SSSR count). The first-order chi connectivity index (χ1) is 14.3. The maximum absolute atomic E-state index is 13.1. The Kier molecular flexibility index (Phi) is 9.18. The molecule has 162 valence electrons. The SMILES string of the molecule is CCCNC(=O)[C@@H](C)N(Cc1cccc(Cl)c1)C(=O)COc1ccccc1C(C)C. The summed E-state index contributed by atoms with van der Waals surface area (Å²) in [4.78, 5) is 27.2. The maximum atomic E-state index is 13.1. The van der Waals surface area contributed by atoms with Gasteiger partial charge in [0, 0.05) is 18.1 Å². The van der Waals surface area contributed by atoms with Gasteiger partial charge in [0.25, 0.3) is 5.91 Å². The number of hydrogen-bond acceptors (Lipinski definition) is 3.